The normalized spacial score (nSPS) is 11.0. The highest BCUT2D eigenvalue weighted by Gasteiger charge is 2.12. The van der Waals surface area contributed by atoms with Crippen LogP contribution in [-0.2, 0) is 16.0 Å². The number of hydrogen-bond donors (Lipinski definition) is 0. The van der Waals surface area contributed by atoms with E-state index in [1.807, 2.05) is 36.4 Å². The van der Waals surface area contributed by atoms with E-state index in [0.29, 0.717) is 6.61 Å². The molecule has 0 aliphatic heterocycles. The molecule has 1 heterocycles. The minimum absolute atomic E-state index is 0.224. The van der Waals surface area contributed by atoms with E-state index in [9.17, 15) is 4.79 Å². The molecule has 96 valence electrons. The number of fused-ring (bicyclic) bond motifs is 3. The van der Waals surface area contributed by atoms with Gasteiger partial charge < -0.3 is 9.15 Å². The maximum absolute atomic E-state index is 11.6. The van der Waals surface area contributed by atoms with Crippen LogP contribution in [0.4, 0.5) is 0 Å². The lowest BCUT2D eigenvalue weighted by Crippen LogP contribution is -2.06. The number of carbonyl (C=O) groups is 1. The summed E-state index contributed by atoms with van der Waals surface area (Å²) in [6, 6.07) is 12.1. The van der Waals surface area contributed by atoms with Crippen LogP contribution in [0.1, 0.15) is 12.5 Å². The summed E-state index contributed by atoms with van der Waals surface area (Å²) in [6.07, 6.45) is 1.90. The SMILES string of the molecule is CCOC(=O)Cc1coc2c1ccc1ccccc12. The Labute approximate surface area is 110 Å². The number of rotatable bonds is 3. The molecule has 2 aromatic carbocycles. The van der Waals surface area contributed by atoms with Gasteiger partial charge >= 0.3 is 5.97 Å². The maximum Gasteiger partial charge on any atom is 0.310 e. The van der Waals surface area contributed by atoms with E-state index in [2.05, 4.69) is 0 Å². The van der Waals surface area contributed by atoms with Gasteiger partial charge in [0.1, 0.15) is 5.58 Å². The number of esters is 1. The number of benzene rings is 2. The van der Waals surface area contributed by atoms with E-state index in [0.717, 1.165) is 27.3 Å². The van der Waals surface area contributed by atoms with Crippen molar-refractivity contribution >= 4 is 27.7 Å². The minimum atomic E-state index is -0.224. The van der Waals surface area contributed by atoms with Crippen LogP contribution in [0.3, 0.4) is 0 Å². The van der Waals surface area contributed by atoms with Gasteiger partial charge in [-0.15, -0.1) is 0 Å². The van der Waals surface area contributed by atoms with Crippen LogP contribution < -0.4 is 0 Å². The average Bonchev–Trinajstić information content (AvgIpc) is 2.82. The van der Waals surface area contributed by atoms with Gasteiger partial charge in [-0.2, -0.15) is 0 Å². The van der Waals surface area contributed by atoms with E-state index in [-0.39, 0.29) is 12.4 Å². The molecule has 0 saturated carbocycles. The summed E-state index contributed by atoms with van der Waals surface area (Å²) in [5.74, 6) is -0.224. The fourth-order valence-electron chi connectivity index (χ4n) is 2.32. The second-order valence-electron chi connectivity index (χ2n) is 4.41. The van der Waals surface area contributed by atoms with Crippen molar-refractivity contribution in [3.8, 4) is 0 Å². The van der Waals surface area contributed by atoms with Crippen molar-refractivity contribution in [1.29, 1.82) is 0 Å². The summed E-state index contributed by atoms with van der Waals surface area (Å²) < 4.78 is 10.6. The number of ether oxygens (including phenoxy) is 1. The molecule has 0 aliphatic rings. The Kier molecular flexibility index (Phi) is 2.95. The van der Waals surface area contributed by atoms with Gasteiger partial charge in [-0.25, -0.2) is 0 Å². The third-order valence-corrected chi connectivity index (χ3v) is 3.18. The van der Waals surface area contributed by atoms with Gasteiger partial charge in [0.05, 0.1) is 19.3 Å². The number of furan rings is 1. The van der Waals surface area contributed by atoms with Crippen LogP contribution in [0.2, 0.25) is 0 Å². The fourth-order valence-corrected chi connectivity index (χ4v) is 2.32. The lowest BCUT2D eigenvalue weighted by atomic mass is 10.0. The highest BCUT2D eigenvalue weighted by molar-refractivity contribution is 6.05. The van der Waals surface area contributed by atoms with Gasteiger partial charge in [0, 0.05) is 16.3 Å². The Morgan fingerprint density at radius 1 is 1.16 bits per heavy atom. The molecule has 0 radical (unpaired) electrons. The second-order valence-corrected chi connectivity index (χ2v) is 4.41. The van der Waals surface area contributed by atoms with Crippen LogP contribution in [0.5, 0.6) is 0 Å². The lowest BCUT2D eigenvalue weighted by molar-refractivity contribution is -0.142. The highest BCUT2D eigenvalue weighted by Crippen LogP contribution is 2.29. The van der Waals surface area contributed by atoms with Crippen LogP contribution in [0.25, 0.3) is 21.7 Å². The van der Waals surface area contributed by atoms with Gasteiger partial charge in [-0.1, -0.05) is 36.4 Å². The average molecular weight is 254 g/mol. The van der Waals surface area contributed by atoms with Crippen molar-refractivity contribution in [2.75, 3.05) is 6.61 Å². The molecule has 3 heteroatoms. The predicted molar refractivity (Wildman–Crippen MR) is 74.1 cm³/mol. The molecule has 19 heavy (non-hydrogen) atoms. The first-order valence-electron chi connectivity index (χ1n) is 6.33. The maximum atomic E-state index is 11.6. The molecule has 3 aromatic rings. The molecule has 0 spiro atoms. The van der Waals surface area contributed by atoms with Crippen LogP contribution in [0.15, 0.2) is 47.1 Å². The molecule has 0 atom stereocenters. The third-order valence-electron chi connectivity index (χ3n) is 3.18. The zero-order valence-corrected chi connectivity index (χ0v) is 10.7. The first-order valence-corrected chi connectivity index (χ1v) is 6.33. The molecular weight excluding hydrogens is 240 g/mol. The predicted octanol–water partition coefficient (Wildman–Crippen LogP) is 3.69. The largest absolute Gasteiger partial charge is 0.466 e. The van der Waals surface area contributed by atoms with Gasteiger partial charge in [0.15, 0.2) is 0 Å². The van der Waals surface area contributed by atoms with Crippen molar-refractivity contribution in [2.45, 2.75) is 13.3 Å². The molecule has 0 fully saturated rings. The van der Waals surface area contributed by atoms with Gasteiger partial charge in [-0.3, -0.25) is 4.79 Å². The standard InChI is InChI=1S/C16H14O3/c1-2-18-15(17)9-12-10-19-16-13-6-4-3-5-11(13)7-8-14(12)16/h3-8,10H,2,9H2,1H3. The third kappa shape index (κ3) is 2.08. The molecule has 1 aromatic heterocycles. The Hall–Kier alpha value is -2.29. The molecule has 3 nitrogen and oxygen atoms in total. The van der Waals surface area contributed by atoms with Crippen LogP contribution >= 0.6 is 0 Å². The lowest BCUT2D eigenvalue weighted by Gasteiger charge is -2.01. The van der Waals surface area contributed by atoms with Crippen molar-refractivity contribution in [1.82, 2.24) is 0 Å². The van der Waals surface area contributed by atoms with Crippen molar-refractivity contribution in [2.24, 2.45) is 0 Å². The monoisotopic (exact) mass is 254 g/mol. The molecule has 0 unspecified atom stereocenters. The van der Waals surface area contributed by atoms with Gasteiger partial charge in [-0.05, 0) is 12.3 Å². The zero-order chi connectivity index (χ0) is 13.2. The molecule has 0 saturated heterocycles. The highest BCUT2D eigenvalue weighted by atomic mass is 16.5. The van der Waals surface area contributed by atoms with Crippen molar-refractivity contribution in [3.63, 3.8) is 0 Å². The minimum Gasteiger partial charge on any atom is -0.466 e. The topological polar surface area (TPSA) is 39.4 Å². The van der Waals surface area contributed by atoms with E-state index in [4.69, 9.17) is 9.15 Å². The van der Waals surface area contributed by atoms with E-state index in [1.165, 1.54) is 0 Å². The summed E-state index contributed by atoms with van der Waals surface area (Å²) in [7, 11) is 0. The quantitative estimate of drug-likeness (QED) is 0.669. The fraction of sp³-hybridized carbons (Fsp3) is 0.188. The van der Waals surface area contributed by atoms with Gasteiger partial charge in [0.25, 0.3) is 0 Å². The molecule has 0 N–H and O–H groups in total. The molecule has 0 amide bonds. The Morgan fingerprint density at radius 3 is 2.84 bits per heavy atom. The van der Waals surface area contributed by atoms with E-state index < -0.39 is 0 Å². The smallest absolute Gasteiger partial charge is 0.310 e. The summed E-state index contributed by atoms with van der Waals surface area (Å²) >= 11 is 0. The molecular formula is C16H14O3. The van der Waals surface area contributed by atoms with E-state index in [1.54, 1.807) is 13.2 Å². The molecule has 0 bridgehead atoms. The summed E-state index contributed by atoms with van der Waals surface area (Å²) in [5.41, 5.74) is 1.71. The first kappa shape index (κ1) is 11.8. The van der Waals surface area contributed by atoms with Crippen molar-refractivity contribution in [3.05, 3.63) is 48.2 Å². The van der Waals surface area contributed by atoms with Gasteiger partial charge in [0.2, 0.25) is 0 Å². The Balaban J connectivity index is 2.08. The van der Waals surface area contributed by atoms with E-state index >= 15 is 0 Å². The van der Waals surface area contributed by atoms with Crippen LogP contribution in [-0.4, -0.2) is 12.6 Å². The first-order chi connectivity index (χ1) is 9.29. The Morgan fingerprint density at radius 2 is 2.00 bits per heavy atom. The summed E-state index contributed by atoms with van der Waals surface area (Å²) in [6.45, 7) is 2.20. The summed E-state index contributed by atoms with van der Waals surface area (Å²) in [4.78, 5) is 11.6. The van der Waals surface area contributed by atoms with Crippen molar-refractivity contribution < 1.29 is 13.9 Å². The number of carbonyl (C=O) groups excluding carboxylic acids is 1. The number of hydrogen-bond acceptors (Lipinski definition) is 3. The van der Waals surface area contributed by atoms with Crippen LogP contribution in [0, 0.1) is 0 Å². The second kappa shape index (κ2) is 4.76. The molecule has 3 rings (SSSR count). The summed E-state index contributed by atoms with van der Waals surface area (Å²) in [5, 5.41) is 3.17. The molecule has 0 aliphatic carbocycles. The Bertz CT molecular complexity index is 740. The zero-order valence-electron chi connectivity index (χ0n) is 10.7.